The number of furan rings is 1. The quantitative estimate of drug-likeness (QED) is 0.0247. The Balaban J connectivity index is 1.88. The molecule has 294 valence electrons. The van der Waals surface area contributed by atoms with E-state index in [1.54, 1.807) is 32.1 Å². The number of ether oxygens (including phenoxy) is 3. The van der Waals surface area contributed by atoms with Crippen LogP contribution in [0.25, 0.3) is 16.9 Å². The fourth-order valence-electron chi connectivity index (χ4n) is 6.77. The number of aliphatic imine (C=N–C) groups is 1. The molecule has 12 heteroatoms. The zero-order valence-electron chi connectivity index (χ0n) is 33.6. The number of aryl methyl sites for hydroxylation is 2. The summed E-state index contributed by atoms with van der Waals surface area (Å²) in [4.78, 5) is 31.5. The summed E-state index contributed by atoms with van der Waals surface area (Å²) in [6.45, 7) is 16.5. The summed E-state index contributed by atoms with van der Waals surface area (Å²) in [5.74, 6) is 2.89. The molecule has 3 aromatic rings. The zero-order valence-corrected chi connectivity index (χ0v) is 36.5. The Morgan fingerprint density at radius 1 is 1.22 bits per heavy atom. The second-order valence-corrected chi connectivity index (χ2v) is 16.9. The molecule has 3 heterocycles. The first-order chi connectivity index (χ1) is 25.7. The normalized spacial score (nSPS) is 19.4. The van der Waals surface area contributed by atoms with E-state index < -0.39 is 12.1 Å². The zero-order chi connectivity index (χ0) is 39.6. The molecule has 0 spiro atoms. The summed E-state index contributed by atoms with van der Waals surface area (Å²) in [7, 11) is 3.21. The molecule has 1 aromatic carbocycles. The van der Waals surface area contributed by atoms with Crippen LogP contribution < -0.4 is 5.73 Å². The van der Waals surface area contributed by atoms with Gasteiger partial charge in [-0.1, -0.05) is 86.7 Å². The van der Waals surface area contributed by atoms with Crippen LogP contribution in [-0.4, -0.2) is 81.6 Å². The molecule has 1 aliphatic rings. The van der Waals surface area contributed by atoms with E-state index >= 15 is 4.79 Å². The van der Waals surface area contributed by atoms with Crippen molar-refractivity contribution >= 4 is 63.1 Å². The highest BCUT2D eigenvalue weighted by molar-refractivity contribution is 14.1. The third-order valence-corrected chi connectivity index (χ3v) is 10.7. The molecule has 0 bridgehead atoms. The van der Waals surface area contributed by atoms with Crippen LogP contribution in [0.3, 0.4) is 0 Å². The number of hydrogen-bond acceptors (Lipinski definition) is 10. The average molecular weight is 872 g/mol. The van der Waals surface area contributed by atoms with Gasteiger partial charge >= 0.3 is 0 Å². The number of benzene rings is 1. The molecule has 1 amide bonds. The van der Waals surface area contributed by atoms with Gasteiger partial charge in [0.25, 0.3) is 11.8 Å². The Kier molecular flexibility index (Phi) is 16.1. The first kappa shape index (κ1) is 43.4. The van der Waals surface area contributed by atoms with Crippen LogP contribution in [-0.2, 0) is 24.4 Å². The Bertz CT molecular complexity index is 1840. The van der Waals surface area contributed by atoms with E-state index in [2.05, 4.69) is 55.3 Å². The van der Waals surface area contributed by atoms with Crippen molar-refractivity contribution in [2.45, 2.75) is 104 Å². The molecule has 2 unspecified atom stereocenters. The molecule has 0 radical (unpaired) electrons. The van der Waals surface area contributed by atoms with E-state index in [0.29, 0.717) is 52.5 Å². The summed E-state index contributed by atoms with van der Waals surface area (Å²) < 4.78 is 26.0. The minimum absolute atomic E-state index is 0.0712. The maximum Gasteiger partial charge on any atom is 0.254 e. The van der Waals surface area contributed by atoms with Crippen LogP contribution >= 0.6 is 34.4 Å². The van der Waals surface area contributed by atoms with Gasteiger partial charge in [0, 0.05) is 39.8 Å². The van der Waals surface area contributed by atoms with Crippen LogP contribution in [0.5, 0.6) is 0 Å². The number of thioether (sulfide) groups is 1. The number of methoxy groups -OCH3 is 1. The van der Waals surface area contributed by atoms with Gasteiger partial charge in [0.05, 0.1) is 49.0 Å². The predicted molar refractivity (Wildman–Crippen MR) is 230 cm³/mol. The summed E-state index contributed by atoms with van der Waals surface area (Å²) in [6, 6.07) is 7.02. The lowest BCUT2D eigenvalue weighted by Crippen LogP contribution is -2.52. The largest absolute Gasteiger partial charge is 0.490 e. The van der Waals surface area contributed by atoms with Crippen molar-refractivity contribution in [1.29, 1.82) is 0 Å². The number of carbonyl (C=O) groups is 1. The van der Waals surface area contributed by atoms with Gasteiger partial charge < -0.3 is 29.3 Å². The number of amides is 1. The third kappa shape index (κ3) is 10.7. The monoisotopic (exact) mass is 871 g/mol. The van der Waals surface area contributed by atoms with Gasteiger partial charge in [0.15, 0.2) is 0 Å². The van der Waals surface area contributed by atoms with Crippen LogP contribution in [0.1, 0.15) is 95.0 Å². The number of allylic oxidation sites excluding steroid dienone is 1. The van der Waals surface area contributed by atoms with E-state index in [-0.39, 0.29) is 36.0 Å². The number of halogens is 1. The number of likely N-dealkylation sites (tertiary alicyclic amines) is 1. The Morgan fingerprint density at radius 2 is 1.94 bits per heavy atom. The molecule has 3 atom stereocenters. The fourth-order valence-corrected chi connectivity index (χ4v) is 7.56. The Hall–Kier alpha value is -3.36. The molecule has 4 rings (SSSR count). The number of aromatic nitrogens is 2. The van der Waals surface area contributed by atoms with Crippen molar-refractivity contribution in [3.05, 3.63) is 88.2 Å². The Morgan fingerprint density at radius 3 is 2.56 bits per heavy atom. The van der Waals surface area contributed by atoms with Crippen molar-refractivity contribution in [3.63, 3.8) is 0 Å². The topological polar surface area (TPSA) is 125 Å². The number of nitrogens with two attached hydrogens (primary N) is 1. The predicted octanol–water partition coefficient (Wildman–Crippen LogP) is 9.04. The molecule has 1 saturated heterocycles. The van der Waals surface area contributed by atoms with Gasteiger partial charge in [0.1, 0.15) is 17.9 Å². The molecule has 1 aliphatic heterocycles. The van der Waals surface area contributed by atoms with E-state index in [1.165, 1.54) is 0 Å². The number of nitrogens with zero attached hydrogens (tertiary/aromatic N) is 4. The fraction of sp³-hybridized carbons (Fsp3) is 0.524. The summed E-state index contributed by atoms with van der Waals surface area (Å²) in [5, 5.41) is 0. The van der Waals surface area contributed by atoms with Crippen molar-refractivity contribution in [2.75, 3.05) is 36.7 Å². The summed E-state index contributed by atoms with van der Waals surface area (Å²) in [6.07, 6.45) is 9.45. The molecule has 1 fully saturated rings. The molecule has 2 N–H and O–H groups in total. The first-order valence-electron chi connectivity index (χ1n) is 18.7. The van der Waals surface area contributed by atoms with Gasteiger partial charge in [-0.05, 0) is 63.8 Å². The number of alkyl halides is 1. The standard InChI is InChI=1S/C42H58IN5O5S/c1-11-54-22-20-29(17-14-21-43)41(49)48-32(31-24-46-39-30(47-31)23-35(53-39)42(6,7)8)18-13-19-34(52-26(2)3)33(48)25-51-40(45-9)38(50-10)37(44)36-27(4)15-12-16-28(36)5/h12,14-17,20,23-24,26,32-34H,11,13,18-19,21-22,25,44H2,1-10H3/b17-14-,29-20+,38-37+,45-40?/t32-,33?,34?/m0/s1. The Labute approximate surface area is 339 Å². The number of carbonyl (C=O) groups excluding carboxylic acids is 1. The molecule has 0 saturated carbocycles. The first-order valence-corrected chi connectivity index (χ1v) is 21.4. The highest BCUT2D eigenvalue weighted by Gasteiger charge is 2.42. The lowest BCUT2D eigenvalue weighted by molar-refractivity contribution is -0.139. The number of rotatable bonds is 14. The number of fused-ring (bicyclic) bond motifs is 1. The summed E-state index contributed by atoms with van der Waals surface area (Å²) in [5.41, 5.74) is 12.4. The molecule has 0 aliphatic carbocycles. The van der Waals surface area contributed by atoms with Crippen molar-refractivity contribution in [1.82, 2.24) is 14.9 Å². The SMILES string of the molecule is CCSC/C=C(\C=C/CI)C(=O)N1C(COC(=NC)/C(OC)=C(\N)c2c(C)cccc2C)C(OC(C)C)CCC[C@H]1c1cnc2oc(C(C)(C)C)cc2n1. The average Bonchev–Trinajstić information content (AvgIpc) is 3.49. The minimum atomic E-state index is -0.536. The molecular formula is C42H58IN5O5S. The number of hydrogen-bond donors (Lipinski definition) is 1. The van der Waals surface area contributed by atoms with Crippen LogP contribution in [0.15, 0.2) is 69.4 Å². The maximum absolute atomic E-state index is 15.2. The second kappa shape index (κ2) is 20.0. The minimum Gasteiger partial charge on any atom is -0.490 e. The van der Waals surface area contributed by atoms with Gasteiger partial charge in [-0.15, -0.1) is 0 Å². The highest BCUT2D eigenvalue weighted by Crippen LogP contribution is 2.37. The van der Waals surface area contributed by atoms with Gasteiger partial charge in [-0.25, -0.2) is 9.97 Å². The smallest absolute Gasteiger partial charge is 0.254 e. The van der Waals surface area contributed by atoms with Crippen molar-refractivity contribution in [2.24, 2.45) is 10.7 Å². The van der Waals surface area contributed by atoms with E-state index in [4.69, 9.17) is 34.3 Å². The lowest BCUT2D eigenvalue weighted by atomic mass is 9.93. The lowest BCUT2D eigenvalue weighted by Gasteiger charge is -2.39. The second-order valence-electron chi connectivity index (χ2n) is 14.7. The molecule has 54 heavy (non-hydrogen) atoms. The van der Waals surface area contributed by atoms with Crippen LogP contribution in [0.2, 0.25) is 0 Å². The van der Waals surface area contributed by atoms with Crippen molar-refractivity contribution in [3.8, 4) is 0 Å². The third-order valence-electron chi connectivity index (χ3n) is 9.35. The van der Waals surface area contributed by atoms with E-state index in [1.807, 2.05) is 75.1 Å². The van der Waals surface area contributed by atoms with E-state index in [9.17, 15) is 0 Å². The van der Waals surface area contributed by atoms with Crippen LogP contribution in [0, 0.1) is 13.8 Å². The highest BCUT2D eigenvalue weighted by atomic mass is 127. The van der Waals surface area contributed by atoms with Crippen LogP contribution in [0.4, 0.5) is 0 Å². The van der Waals surface area contributed by atoms with Gasteiger partial charge in [-0.2, -0.15) is 11.8 Å². The van der Waals surface area contributed by atoms with Gasteiger partial charge in [-0.3, -0.25) is 9.79 Å². The van der Waals surface area contributed by atoms with Crippen molar-refractivity contribution < 1.29 is 23.4 Å². The maximum atomic E-state index is 15.2. The molecule has 10 nitrogen and oxygen atoms in total. The summed E-state index contributed by atoms with van der Waals surface area (Å²) >= 11 is 4.06. The van der Waals surface area contributed by atoms with Gasteiger partial charge in [0.2, 0.25) is 11.5 Å². The van der Waals surface area contributed by atoms with E-state index in [0.717, 1.165) is 39.1 Å². The molecular weight excluding hydrogens is 813 g/mol. The molecule has 2 aromatic heterocycles.